The Kier molecular flexibility index (Phi) is 2.51. The maximum Gasteiger partial charge on any atom is 0.358 e. The molecule has 1 amide bonds. The van der Waals surface area contributed by atoms with E-state index in [1.54, 1.807) is 5.38 Å². The van der Waals surface area contributed by atoms with Gasteiger partial charge in [-0.15, -0.1) is 11.3 Å². The van der Waals surface area contributed by atoms with Crippen LogP contribution in [0.1, 0.15) is 23.3 Å². The third kappa shape index (κ3) is 2.03. The van der Waals surface area contributed by atoms with Crippen molar-refractivity contribution < 1.29 is 14.3 Å². The topological polar surface area (TPSA) is 82.3 Å². The van der Waals surface area contributed by atoms with Crippen LogP contribution in [0.15, 0.2) is 9.30 Å². The minimum Gasteiger partial charge on any atom is -0.444 e. The van der Waals surface area contributed by atoms with Gasteiger partial charge in [0.25, 0.3) is 5.91 Å². The molecule has 0 radical (unpaired) electrons. The van der Waals surface area contributed by atoms with Gasteiger partial charge in [0.05, 0.1) is 0 Å². The summed E-state index contributed by atoms with van der Waals surface area (Å²) in [5.41, 5.74) is 4.24. The van der Waals surface area contributed by atoms with Crippen molar-refractivity contribution in [3.8, 4) is 0 Å². The molecule has 15 heavy (non-hydrogen) atoms. The van der Waals surface area contributed by atoms with E-state index in [1.807, 2.05) is 0 Å². The van der Waals surface area contributed by atoms with Gasteiger partial charge in [-0.1, -0.05) is 0 Å². The van der Waals surface area contributed by atoms with E-state index in [9.17, 15) is 9.59 Å². The average Bonchev–Trinajstić information content (AvgIpc) is 2.82. The number of nitrogens with two attached hydrogens (primary N) is 1. The van der Waals surface area contributed by atoms with Crippen molar-refractivity contribution in [2.75, 3.05) is 0 Å². The molecule has 0 aliphatic heterocycles. The smallest absolute Gasteiger partial charge is 0.358 e. The average molecular weight is 291 g/mol. The van der Waals surface area contributed by atoms with Gasteiger partial charge in [-0.2, -0.15) is 0 Å². The van der Waals surface area contributed by atoms with Crippen LogP contribution in [-0.4, -0.2) is 22.5 Å². The highest BCUT2D eigenvalue weighted by molar-refractivity contribution is 9.11. The second-order valence-electron chi connectivity index (χ2n) is 3.23. The first kappa shape index (κ1) is 10.6. The lowest BCUT2D eigenvalue weighted by atomic mass is 10.3. The molecular weight excluding hydrogens is 284 g/mol. The maximum atomic E-state index is 11.5. The molecule has 0 spiro atoms. The van der Waals surface area contributed by atoms with Crippen LogP contribution in [0.5, 0.6) is 0 Å². The number of hydrogen-bond acceptors (Lipinski definition) is 5. The van der Waals surface area contributed by atoms with Crippen LogP contribution in [0.3, 0.4) is 0 Å². The van der Waals surface area contributed by atoms with Gasteiger partial charge in [-0.25, -0.2) is 9.78 Å². The number of nitrogens with zero attached hydrogens (tertiary/aromatic N) is 1. The number of carbonyl (C=O) groups is 2. The van der Waals surface area contributed by atoms with Gasteiger partial charge >= 0.3 is 5.97 Å². The third-order valence-electron chi connectivity index (χ3n) is 2.13. The van der Waals surface area contributed by atoms with Crippen LogP contribution in [-0.2, 0) is 9.53 Å². The summed E-state index contributed by atoms with van der Waals surface area (Å²) in [4.78, 5) is 26.4. The van der Waals surface area contributed by atoms with Crippen molar-refractivity contribution in [3.05, 3.63) is 15.0 Å². The monoisotopic (exact) mass is 290 g/mol. The van der Waals surface area contributed by atoms with Gasteiger partial charge in [-0.3, -0.25) is 4.79 Å². The summed E-state index contributed by atoms with van der Waals surface area (Å²) >= 11 is 4.41. The zero-order valence-corrected chi connectivity index (χ0v) is 9.93. The quantitative estimate of drug-likeness (QED) is 0.845. The molecule has 1 saturated carbocycles. The van der Waals surface area contributed by atoms with E-state index < -0.39 is 17.5 Å². The molecule has 0 atom stereocenters. The first-order valence-corrected chi connectivity index (χ1v) is 5.85. The van der Waals surface area contributed by atoms with Crippen molar-refractivity contribution in [1.29, 1.82) is 0 Å². The highest BCUT2D eigenvalue weighted by Crippen LogP contribution is 2.39. The largest absolute Gasteiger partial charge is 0.444 e. The Balaban J connectivity index is 2.08. The Morgan fingerprint density at radius 2 is 2.27 bits per heavy atom. The lowest BCUT2D eigenvalue weighted by molar-refractivity contribution is -0.128. The lowest BCUT2D eigenvalue weighted by Gasteiger charge is -2.10. The second kappa shape index (κ2) is 3.57. The van der Waals surface area contributed by atoms with Crippen LogP contribution in [0.25, 0.3) is 0 Å². The molecule has 1 fully saturated rings. The number of rotatable bonds is 3. The van der Waals surface area contributed by atoms with Crippen molar-refractivity contribution in [3.63, 3.8) is 0 Å². The molecule has 2 rings (SSSR count). The van der Waals surface area contributed by atoms with Crippen molar-refractivity contribution in [1.82, 2.24) is 4.98 Å². The number of thiazole rings is 1. The summed E-state index contributed by atoms with van der Waals surface area (Å²) in [7, 11) is 0. The van der Waals surface area contributed by atoms with E-state index in [2.05, 4.69) is 20.9 Å². The van der Waals surface area contributed by atoms with E-state index in [1.165, 1.54) is 11.3 Å². The lowest BCUT2D eigenvalue weighted by Crippen LogP contribution is -2.35. The maximum absolute atomic E-state index is 11.5. The number of carbonyl (C=O) groups excluding carboxylic acids is 2. The van der Waals surface area contributed by atoms with Crippen LogP contribution >= 0.6 is 27.3 Å². The van der Waals surface area contributed by atoms with Crippen LogP contribution in [0.2, 0.25) is 0 Å². The fraction of sp³-hybridized carbons (Fsp3) is 0.375. The predicted molar refractivity (Wildman–Crippen MR) is 56.4 cm³/mol. The number of ether oxygens (including phenoxy) is 1. The van der Waals surface area contributed by atoms with E-state index >= 15 is 0 Å². The summed E-state index contributed by atoms with van der Waals surface area (Å²) in [5, 5.41) is 1.56. The Morgan fingerprint density at radius 1 is 1.60 bits per heavy atom. The van der Waals surface area contributed by atoms with Gasteiger partial charge in [0.2, 0.25) is 0 Å². The van der Waals surface area contributed by atoms with Gasteiger partial charge in [0.15, 0.2) is 15.2 Å². The molecule has 1 aliphatic carbocycles. The molecule has 0 saturated heterocycles. The highest BCUT2D eigenvalue weighted by atomic mass is 79.9. The summed E-state index contributed by atoms with van der Waals surface area (Å²) < 4.78 is 5.62. The summed E-state index contributed by atoms with van der Waals surface area (Å²) in [6, 6.07) is 0. The SMILES string of the molecule is NC(=O)C1(OC(=O)c2csc(Br)n2)CC1. The van der Waals surface area contributed by atoms with Crippen molar-refractivity contribution >= 4 is 39.1 Å². The molecule has 1 aromatic heterocycles. The fourth-order valence-corrected chi connectivity index (χ4v) is 2.07. The van der Waals surface area contributed by atoms with Gasteiger partial charge in [0.1, 0.15) is 0 Å². The second-order valence-corrected chi connectivity index (χ2v) is 5.37. The molecule has 0 bridgehead atoms. The van der Waals surface area contributed by atoms with E-state index in [4.69, 9.17) is 10.5 Å². The van der Waals surface area contributed by atoms with Gasteiger partial charge in [0, 0.05) is 18.2 Å². The minimum atomic E-state index is -1.08. The number of aromatic nitrogens is 1. The van der Waals surface area contributed by atoms with E-state index in [0.29, 0.717) is 16.8 Å². The standard InChI is InChI=1S/C8H7BrN2O3S/c9-7-11-4(3-15-7)5(12)14-8(1-2-8)6(10)13/h3H,1-2H2,(H2,10,13). The first-order chi connectivity index (χ1) is 7.03. The summed E-state index contributed by atoms with van der Waals surface area (Å²) in [6.07, 6.45) is 0.999. The third-order valence-corrected chi connectivity index (χ3v) is 3.49. The molecule has 1 heterocycles. The zero-order valence-electron chi connectivity index (χ0n) is 7.53. The van der Waals surface area contributed by atoms with E-state index in [0.717, 1.165) is 0 Å². The zero-order chi connectivity index (χ0) is 11.1. The Labute approximate surface area is 97.8 Å². The first-order valence-electron chi connectivity index (χ1n) is 4.18. The number of hydrogen-bond donors (Lipinski definition) is 1. The van der Waals surface area contributed by atoms with Crippen LogP contribution in [0, 0.1) is 0 Å². The van der Waals surface area contributed by atoms with Crippen molar-refractivity contribution in [2.45, 2.75) is 18.4 Å². The van der Waals surface area contributed by atoms with Gasteiger partial charge < -0.3 is 10.5 Å². The highest BCUT2D eigenvalue weighted by Gasteiger charge is 2.53. The van der Waals surface area contributed by atoms with Crippen LogP contribution in [0.4, 0.5) is 0 Å². The molecule has 2 N–H and O–H groups in total. The molecule has 1 aliphatic rings. The number of amides is 1. The Bertz CT molecular complexity index is 427. The predicted octanol–water partition coefficient (Wildman–Crippen LogP) is 1.08. The number of primary amides is 1. The Hall–Kier alpha value is -0.950. The number of esters is 1. The van der Waals surface area contributed by atoms with Crippen LogP contribution < -0.4 is 5.73 Å². The Morgan fingerprint density at radius 3 is 2.67 bits per heavy atom. The molecule has 0 aromatic carbocycles. The summed E-state index contributed by atoms with van der Waals surface area (Å²) in [6.45, 7) is 0. The molecule has 5 nitrogen and oxygen atoms in total. The molecule has 0 unspecified atom stereocenters. The minimum absolute atomic E-state index is 0.194. The normalized spacial score (nSPS) is 17.1. The van der Waals surface area contributed by atoms with Crippen molar-refractivity contribution in [2.24, 2.45) is 5.73 Å². The number of halogens is 1. The molecule has 80 valence electrons. The van der Waals surface area contributed by atoms with E-state index in [-0.39, 0.29) is 5.69 Å². The summed E-state index contributed by atoms with van der Waals surface area (Å²) in [5.74, 6) is -1.20. The molecule has 7 heteroatoms. The molecule has 1 aromatic rings. The molecular formula is C8H7BrN2O3S. The van der Waals surface area contributed by atoms with Gasteiger partial charge in [-0.05, 0) is 15.9 Å². The fourth-order valence-electron chi connectivity index (χ4n) is 1.09.